The standard InChI is InChI=1S/C9H12ClN3O3/c1-16-8(14)6-12-5-7(4-11)9(15)13-3-2-10/h5,12H,2-3,6H2,1H3,(H,13,15)/b7-5-. The summed E-state index contributed by atoms with van der Waals surface area (Å²) in [4.78, 5) is 22.0. The molecule has 0 heterocycles. The van der Waals surface area contributed by atoms with Crippen LogP contribution < -0.4 is 10.6 Å². The van der Waals surface area contributed by atoms with Crippen LogP contribution in [0.3, 0.4) is 0 Å². The molecule has 0 atom stereocenters. The van der Waals surface area contributed by atoms with Crippen molar-refractivity contribution >= 4 is 23.5 Å². The van der Waals surface area contributed by atoms with Gasteiger partial charge in [0.2, 0.25) is 0 Å². The lowest BCUT2D eigenvalue weighted by molar-refractivity contribution is -0.139. The van der Waals surface area contributed by atoms with E-state index in [0.717, 1.165) is 6.20 Å². The highest BCUT2D eigenvalue weighted by molar-refractivity contribution is 6.18. The summed E-state index contributed by atoms with van der Waals surface area (Å²) in [6.45, 7) is 0.168. The molecule has 0 radical (unpaired) electrons. The Balaban J connectivity index is 4.17. The van der Waals surface area contributed by atoms with Crippen molar-refractivity contribution in [2.45, 2.75) is 0 Å². The zero-order valence-corrected chi connectivity index (χ0v) is 9.50. The van der Waals surface area contributed by atoms with Crippen LogP contribution in [0.15, 0.2) is 11.8 Å². The first-order valence-electron chi connectivity index (χ1n) is 4.40. The largest absolute Gasteiger partial charge is 0.468 e. The quantitative estimate of drug-likeness (QED) is 0.285. The minimum absolute atomic E-state index is 0.107. The van der Waals surface area contributed by atoms with E-state index in [1.807, 2.05) is 0 Å². The van der Waals surface area contributed by atoms with Crippen molar-refractivity contribution < 1.29 is 14.3 Å². The average Bonchev–Trinajstić information content (AvgIpc) is 2.31. The fraction of sp³-hybridized carbons (Fsp3) is 0.444. The summed E-state index contributed by atoms with van der Waals surface area (Å²) in [5.41, 5.74) is -0.131. The van der Waals surface area contributed by atoms with Crippen LogP contribution >= 0.6 is 11.6 Å². The minimum Gasteiger partial charge on any atom is -0.468 e. The Morgan fingerprint density at radius 1 is 1.56 bits per heavy atom. The van der Waals surface area contributed by atoms with E-state index in [0.29, 0.717) is 0 Å². The Bertz CT molecular complexity index is 322. The number of amides is 1. The number of ether oxygens (including phenoxy) is 1. The molecule has 0 aromatic rings. The fourth-order valence-electron chi connectivity index (χ4n) is 0.713. The number of methoxy groups -OCH3 is 1. The molecule has 0 aliphatic carbocycles. The average molecular weight is 246 g/mol. The van der Waals surface area contributed by atoms with Crippen LogP contribution in [0, 0.1) is 11.3 Å². The van der Waals surface area contributed by atoms with E-state index in [2.05, 4.69) is 15.4 Å². The lowest BCUT2D eigenvalue weighted by Crippen LogP contribution is -2.28. The van der Waals surface area contributed by atoms with Crippen LogP contribution in [0.4, 0.5) is 0 Å². The monoisotopic (exact) mass is 245 g/mol. The van der Waals surface area contributed by atoms with Crippen LogP contribution in [-0.2, 0) is 14.3 Å². The summed E-state index contributed by atoms with van der Waals surface area (Å²) in [6, 6.07) is 1.69. The van der Waals surface area contributed by atoms with Gasteiger partial charge in [0.15, 0.2) is 0 Å². The molecule has 0 rings (SSSR count). The predicted molar refractivity (Wildman–Crippen MR) is 57.4 cm³/mol. The number of hydrogen-bond donors (Lipinski definition) is 2. The van der Waals surface area contributed by atoms with Gasteiger partial charge in [0.05, 0.1) is 7.11 Å². The number of nitrogens with zero attached hydrogens (tertiary/aromatic N) is 1. The molecule has 2 N–H and O–H groups in total. The van der Waals surface area contributed by atoms with Gasteiger partial charge in [-0.25, -0.2) is 0 Å². The van der Waals surface area contributed by atoms with Gasteiger partial charge in [0.25, 0.3) is 5.91 Å². The van der Waals surface area contributed by atoms with Crippen molar-refractivity contribution in [2.24, 2.45) is 0 Å². The summed E-state index contributed by atoms with van der Waals surface area (Å²) < 4.78 is 4.36. The summed E-state index contributed by atoms with van der Waals surface area (Å²) in [5, 5.41) is 13.6. The third-order valence-corrected chi connectivity index (χ3v) is 1.65. The molecular weight excluding hydrogens is 234 g/mol. The molecule has 0 aliphatic rings. The van der Waals surface area contributed by atoms with Crippen LogP contribution in [-0.4, -0.2) is 38.0 Å². The zero-order chi connectivity index (χ0) is 12.4. The van der Waals surface area contributed by atoms with E-state index in [1.165, 1.54) is 7.11 Å². The Morgan fingerprint density at radius 2 is 2.25 bits per heavy atom. The first-order chi connectivity index (χ1) is 7.65. The number of halogens is 1. The normalized spacial score (nSPS) is 10.2. The van der Waals surface area contributed by atoms with Gasteiger partial charge in [-0.15, -0.1) is 11.6 Å². The Kier molecular flexibility index (Phi) is 7.63. The Hall–Kier alpha value is -1.74. The van der Waals surface area contributed by atoms with Crippen LogP contribution in [0.2, 0.25) is 0 Å². The number of carbonyl (C=O) groups excluding carboxylic acids is 2. The van der Waals surface area contributed by atoms with Gasteiger partial charge in [-0.2, -0.15) is 5.26 Å². The first-order valence-corrected chi connectivity index (χ1v) is 4.93. The second kappa shape index (κ2) is 8.56. The van der Waals surface area contributed by atoms with Gasteiger partial charge in [0.1, 0.15) is 18.2 Å². The maximum absolute atomic E-state index is 11.3. The number of nitriles is 1. The molecule has 0 spiro atoms. The molecule has 16 heavy (non-hydrogen) atoms. The minimum atomic E-state index is -0.541. The Morgan fingerprint density at radius 3 is 2.75 bits per heavy atom. The van der Waals surface area contributed by atoms with E-state index in [-0.39, 0.29) is 24.5 Å². The molecular formula is C9H12ClN3O3. The van der Waals surface area contributed by atoms with Crippen molar-refractivity contribution in [3.05, 3.63) is 11.8 Å². The predicted octanol–water partition coefficient (Wildman–Crippen LogP) is -0.489. The van der Waals surface area contributed by atoms with Gasteiger partial charge >= 0.3 is 5.97 Å². The molecule has 88 valence electrons. The highest BCUT2D eigenvalue weighted by atomic mass is 35.5. The highest BCUT2D eigenvalue weighted by Gasteiger charge is 2.07. The number of hydrogen-bond acceptors (Lipinski definition) is 5. The van der Waals surface area contributed by atoms with E-state index < -0.39 is 11.9 Å². The van der Waals surface area contributed by atoms with Crippen molar-refractivity contribution in [1.82, 2.24) is 10.6 Å². The van der Waals surface area contributed by atoms with Gasteiger partial charge in [-0.05, 0) is 0 Å². The second-order valence-corrected chi connectivity index (χ2v) is 2.95. The molecule has 7 heteroatoms. The molecule has 0 saturated heterocycles. The van der Waals surface area contributed by atoms with Crippen LogP contribution in [0.1, 0.15) is 0 Å². The smallest absolute Gasteiger partial charge is 0.325 e. The molecule has 0 aromatic carbocycles. The Labute approximate surface area is 98.2 Å². The molecule has 1 amide bonds. The molecule has 0 bridgehead atoms. The SMILES string of the molecule is COC(=O)CN/C=C(/C#N)C(=O)NCCCl. The lowest BCUT2D eigenvalue weighted by Gasteiger charge is -2.02. The van der Waals surface area contributed by atoms with E-state index in [1.54, 1.807) is 6.07 Å². The van der Waals surface area contributed by atoms with Gasteiger partial charge in [-0.3, -0.25) is 9.59 Å². The van der Waals surface area contributed by atoms with E-state index in [4.69, 9.17) is 16.9 Å². The summed E-state index contributed by atoms with van der Waals surface area (Å²) in [6.07, 6.45) is 1.15. The topological polar surface area (TPSA) is 91.2 Å². The van der Waals surface area contributed by atoms with E-state index in [9.17, 15) is 9.59 Å². The number of rotatable bonds is 6. The van der Waals surface area contributed by atoms with Crippen LogP contribution in [0.5, 0.6) is 0 Å². The third-order valence-electron chi connectivity index (χ3n) is 1.47. The number of alkyl halides is 1. The highest BCUT2D eigenvalue weighted by Crippen LogP contribution is 1.90. The molecule has 0 fully saturated rings. The van der Waals surface area contributed by atoms with Crippen molar-refractivity contribution in [3.8, 4) is 6.07 Å². The maximum Gasteiger partial charge on any atom is 0.325 e. The van der Waals surface area contributed by atoms with Crippen LogP contribution in [0.25, 0.3) is 0 Å². The maximum atomic E-state index is 11.3. The van der Waals surface area contributed by atoms with Crippen molar-refractivity contribution in [1.29, 1.82) is 5.26 Å². The summed E-state index contributed by atoms with van der Waals surface area (Å²) in [7, 11) is 1.24. The molecule has 6 nitrogen and oxygen atoms in total. The summed E-state index contributed by atoms with van der Waals surface area (Å²) >= 11 is 5.36. The number of esters is 1. The van der Waals surface area contributed by atoms with Gasteiger partial charge < -0.3 is 15.4 Å². The first kappa shape index (κ1) is 14.3. The third kappa shape index (κ3) is 5.88. The van der Waals surface area contributed by atoms with Gasteiger partial charge in [0, 0.05) is 18.6 Å². The second-order valence-electron chi connectivity index (χ2n) is 2.57. The molecule has 0 aromatic heterocycles. The van der Waals surface area contributed by atoms with Gasteiger partial charge in [-0.1, -0.05) is 0 Å². The lowest BCUT2D eigenvalue weighted by atomic mass is 10.3. The molecule has 0 saturated carbocycles. The fourth-order valence-corrected chi connectivity index (χ4v) is 0.808. The van der Waals surface area contributed by atoms with E-state index >= 15 is 0 Å². The van der Waals surface area contributed by atoms with Crippen molar-refractivity contribution in [2.75, 3.05) is 26.1 Å². The molecule has 0 unspecified atom stereocenters. The number of nitrogens with one attached hydrogen (secondary N) is 2. The summed E-state index contributed by atoms with van der Waals surface area (Å²) in [5.74, 6) is -0.768. The molecule has 0 aliphatic heterocycles. The zero-order valence-electron chi connectivity index (χ0n) is 8.75. The number of carbonyl (C=O) groups is 2. The van der Waals surface area contributed by atoms with Crippen molar-refractivity contribution in [3.63, 3.8) is 0 Å².